The van der Waals surface area contributed by atoms with Gasteiger partial charge in [0.1, 0.15) is 0 Å². The van der Waals surface area contributed by atoms with Gasteiger partial charge in [0, 0.05) is 51.9 Å². The van der Waals surface area contributed by atoms with Crippen molar-refractivity contribution in [3.05, 3.63) is 57.3 Å². The van der Waals surface area contributed by atoms with Crippen LogP contribution in [0.5, 0.6) is 0 Å². The molecule has 0 aliphatic carbocycles. The van der Waals surface area contributed by atoms with Crippen molar-refractivity contribution in [2.45, 2.75) is 37.3 Å². The van der Waals surface area contributed by atoms with E-state index >= 15 is 0 Å². The number of fused-ring (bicyclic) bond motifs is 1. The second-order valence-electron chi connectivity index (χ2n) is 8.76. The first-order chi connectivity index (χ1) is 15.9. The van der Waals surface area contributed by atoms with Gasteiger partial charge in [-0.3, -0.25) is 29.7 Å². The maximum absolute atomic E-state index is 12.3. The van der Waals surface area contributed by atoms with Gasteiger partial charge in [-0.25, -0.2) is 0 Å². The Kier molecular flexibility index (Phi) is 6.55. The van der Waals surface area contributed by atoms with Crippen LogP contribution in [0.1, 0.15) is 34.9 Å². The Morgan fingerprint density at radius 2 is 1.91 bits per heavy atom. The van der Waals surface area contributed by atoms with Crippen molar-refractivity contribution in [3.63, 3.8) is 0 Å². The molecule has 5 rings (SSSR count). The summed E-state index contributed by atoms with van der Waals surface area (Å²) in [5.74, 6) is -0.411. The van der Waals surface area contributed by atoms with E-state index in [1.165, 1.54) is 11.1 Å². The standard InChI is InChI=1S/C23H25Cl2N5O2S/c24-17-10-26-11-19(21(17)25)29-7-5-28(6-8-29)12-14-1-2-16-15(9-14)13-30(23(16)33)18-3-4-20(31)27-22(18)32/h1-2,9-11,18,23,33H,3-8,12-13H2,(H,27,31,32). The number of thiol groups is 1. The molecule has 3 aliphatic heterocycles. The monoisotopic (exact) mass is 505 g/mol. The van der Waals surface area contributed by atoms with Gasteiger partial charge in [0.2, 0.25) is 11.8 Å². The lowest BCUT2D eigenvalue weighted by atomic mass is 10.0. The molecule has 2 unspecified atom stereocenters. The maximum Gasteiger partial charge on any atom is 0.243 e. The molecule has 2 fully saturated rings. The van der Waals surface area contributed by atoms with Crippen LogP contribution in [0.15, 0.2) is 30.6 Å². The van der Waals surface area contributed by atoms with Crippen LogP contribution in [-0.2, 0) is 22.7 Å². The quantitative estimate of drug-likeness (QED) is 0.490. The topological polar surface area (TPSA) is 68.8 Å². The fourth-order valence-corrected chi connectivity index (χ4v) is 5.79. The molecule has 1 aromatic carbocycles. The van der Waals surface area contributed by atoms with Crippen LogP contribution < -0.4 is 10.2 Å². The Labute approximate surface area is 208 Å². The van der Waals surface area contributed by atoms with E-state index < -0.39 is 0 Å². The predicted octanol–water partition coefficient (Wildman–Crippen LogP) is 3.26. The molecule has 10 heteroatoms. The zero-order chi connectivity index (χ0) is 23.1. The van der Waals surface area contributed by atoms with Crippen LogP contribution >= 0.6 is 35.8 Å². The van der Waals surface area contributed by atoms with Gasteiger partial charge in [0.25, 0.3) is 0 Å². The third-order valence-electron chi connectivity index (χ3n) is 6.70. The molecule has 2 amide bonds. The average molecular weight is 506 g/mol. The number of piperidine rings is 1. The summed E-state index contributed by atoms with van der Waals surface area (Å²) in [5, 5.41) is 3.35. The number of anilines is 1. The minimum atomic E-state index is -0.318. The molecule has 0 saturated carbocycles. The van der Waals surface area contributed by atoms with Crippen LogP contribution in [0.25, 0.3) is 0 Å². The average Bonchev–Trinajstić information content (AvgIpc) is 3.12. The number of carbonyl (C=O) groups is 2. The summed E-state index contributed by atoms with van der Waals surface area (Å²) in [4.78, 5) is 34.8. The van der Waals surface area contributed by atoms with Crippen LogP contribution in [0.3, 0.4) is 0 Å². The third kappa shape index (κ3) is 4.59. The second kappa shape index (κ2) is 9.43. The number of pyridine rings is 1. The molecule has 0 spiro atoms. The van der Waals surface area contributed by atoms with E-state index in [4.69, 9.17) is 35.8 Å². The highest BCUT2D eigenvalue weighted by Crippen LogP contribution is 2.39. The minimum absolute atomic E-state index is 0.141. The molecule has 1 N–H and O–H groups in total. The summed E-state index contributed by atoms with van der Waals surface area (Å²) in [6.07, 6.45) is 4.25. The molecule has 4 heterocycles. The van der Waals surface area contributed by atoms with Gasteiger partial charge in [0.05, 0.1) is 33.3 Å². The molecule has 2 atom stereocenters. The van der Waals surface area contributed by atoms with E-state index in [9.17, 15) is 9.59 Å². The molecule has 2 saturated heterocycles. The Morgan fingerprint density at radius 3 is 2.67 bits per heavy atom. The Morgan fingerprint density at radius 1 is 1.12 bits per heavy atom. The number of piperazine rings is 1. The Bertz CT molecular complexity index is 1090. The number of nitrogens with zero attached hydrogens (tertiary/aromatic N) is 4. The maximum atomic E-state index is 12.3. The van der Waals surface area contributed by atoms with E-state index in [0.29, 0.717) is 29.4 Å². The highest BCUT2D eigenvalue weighted by Gasteiger charge is 2.39. The fourth-order valence-electron chi connectivity index (χ4n) is 4.92. The first-order valence-electron chi connectivity index (χ1n) is 11.1. The number of benzene rings is 1. The normalized spacial score (nSPS) is 24.2. The van der Waals surface area contributed by atoms with Crippen LogP contribution in [0, 0.1) is 0 Å². The van der Waals surface area contributed by atoms with Crippen LogP contribution in [0.2, 0.25) is 10.0 Å². The Balaban J connectivity index is 1.21. The number of aromatic nitrogens is 1. The van der Waals surface area contributed by atoms with E-state index in [2.05, 4.69) is 43.2 Å². The molecule has 0 bridgehead atoms. The van der Waals surface area contributed by atoms with Crippen molar-refractivity contribution >= 4 is 53.3 Å². The van der Waals surface area contributed by atoms with Crippen molar-refractivity contribution in [3.8, 4) is 0 Å². The van der Waals surface area contributed by atoms with Crippen molar-refractivity contribution < 1.29 is 9.59 Å². The van der Waals surface area contributed by atoms with E-state index in [1.807, 2.05) is 0 Å². The first-order valence-corrected chi connectivity index (χ1v) is 12.3. The summed E-state index contributed by atoms with van der Waals surface area (Å²) in [7, 11) is 0. The molecule has 174 valence electrons. The van der Waals surface area contributed by atoms with Crippen LogP contribution in [0.4, 0.5) is 5.69 Å². The smallest absolute Gasteiger partial charge is 0.243 e. The molecular weight excluding hydrogens is 481 g/mol. The van der Waals surface area contributed by atoms with Crippen molar-refractivity contribution in [1.82, 2.24) is 20.1 Å². The molecule has 3 aliphatic rings. The number of amides is 2. The van der Waals surface area contributed by atoms with Gasteiger partial charge in [-0.1, -0.05) is 41.4 Å². The molecule has 0 radical (unpaired) electrons. The first kappa shape index (κ1) is 22.9. The number of hydrogen-bond acceptors (Lipinski definition) is 7. The van der Waals surface area contributed by atoms with Gasteiger partial charge >= 0.3 is 0 Å². The molecule has 2 aromatic rings. The predicted molar refractivity (Wildman–Crippen MR) is 132 cm³/mol. The van der Waals surface area contributed by atoms with Crippen molar-refractivity contribution in [1.29, 1.82) is 0 Å². The third-order valence-corrected chi connectivity index (χ3v) is 8.06. The number of rotatable bonds is 4. The van der Waals surface area contributed by atoms with Crippen molar-refractivity contribution in [2.75, 3.05) is 31.1 Å². The van der Waals surface area contributed by atoms with E-state index in [-0.39, 0.29) is 23.2 Å². The molecule has 1 aromatic heterocycles. The molecule has 7 nitrogen and oxygen atoms in total. The highest BCUT2D eigenvalue weighted by molar-refractivity contribution is 7.80. The number of halogens is 2. The minimum Gasteiger partial charge on any atom is -0.366 e. The molecular formula is C23H25Cl2N5O2S. The van der Waals surface area contributed by atoms with Crippen molar-refractivity contribution in [2.24, 2.45) is 0 Å². The second-order valence-corrected chi connectivity index (χ2v) is 10.0. The van der Waals surface area contributed by atoms with Crippen LogP contribution in [-0.4, -0.2) is 58.8 Å². The number of nitrogens with one attached hydrogen (secondary N) is 1. The Hall–Kier alpha value is -1.84. The lowest BCUT2D eigenvalue weighted by Crippen LogP contribution is -2.51. The summed E-state index contributed by atoms with van der Waals surface area (Å²) in [6.45, 7) is 5.06. The zero-order valence-electron chi connectivity index (χ0n) is 18.0. The SMILES string of the molecule is O=C1CCC(N2Cc3cc(CN4CCN(c5cncc(Cl)c5Cl)CC4)ccc3C2S)C(=O)N1. The van der Waals surface area contributed by atoms with Gasteiger partial charge in [-0.2, -0.15) is 12.6 Å². The molecule has 33 heavy (non-hydrogen) atoms. The highest BCUT2D eigenvalue weighted by atomic mass is 35.5. The fraction of sp³-hybridized carbons (Fsp3) is 0.435. The lowest BCUT2D eigenvalue weighted by Gasteiger charge is -2.36. The number of carbonyl (C=O) groups excluding carboxylic acids is 2. The zero-order valence-corrected chi connectivity index (χ0v) is 20.4. The summed E-state index contributed by atoms with van der Waals surface area (Å²) in [6, 6.07) is 6.19. The number of hydrogen-bond donors (Lipinski definition) is 2. The van der Waals surface area contributed by atoms with Gasteiger partial charge in [-0.05, 0) is 23.1 Å². The summed E-state index contributed by atoms with van der Waals surface area (Å²) < 4.78 is 0. The summed E-state index contributed by atoms with van der Waals surface area (Å²) in [5.41, 5.74) is 4.47. The van der Waals surface area contributed by atoms with Gasteiger partial charge in [-0.15, -0.1) is 0 Å². The van der Waals surface area contributed by atoms with E-state index in [1.54, 1.807) is 12.4 Å². The largest absolute Gasteiger partial charge is 0.366 e. The summed E-state index contributed by atoms with van der Waals surface area (Å²) >= 11 is 17.3. The van der Waals surface area contributed by atoms with E-state index in [0.717, 1.165) is 44.0 Å². The van der Waals surface area contributed by atoms with Gasteiger partial charge in [0.15, 0.2) is 0 Å². The van der Waals surface area contributed by atoms with Gasteiger partial charge < -0.3 is 4.90 Å². The number of imide groups is 1. The lowest BCUT2D eigenvalue weighted by molar-refractivity contribution is -0.137.